The standard InChI is InChI=1S/C10H15N3O/c1-13-6-5-8(7-13)14-10-4-2-3-9(11)12-10/h2-4,8H,5-7H2,1H3,(H2,11,12). The molecule has 0 radical (unpaired) electrons. The predicted molar refractivity (Wildman–Crippen MR) is 55.2 cm³/mol. The van der Waals surface area contributed by atoms with E-state index in [0.29, 0.717) is 11.7 Å². The second-order valence-corrected chi connectivity index (χ2v) is 3.69. The second kappa shape index (κ2) is 3.84. The summed E-state index contributed by atoms with van der Waals surface area (Å²) in [4.78, 5) is 6.35. The minimum absolute atomic E-state index is 0.259. The molecule has 1 aromatic heterocycles. The first kappa shape index (κ1) is 9.27. The van der Waals surface area contributed by atoms with Gasteiger partial charge in [0, 0.05) is 19.2 Å². The lowest BCUT2D eigenvalue weighted by Crippen LogP contribution is -2.21. The SMILES string of the molecule is CN1CCC(Oc2cccc(N)n2)C1. The average molecular weight is 193 g/mol. The third-order valence-corrected chi connectivity index (χ3v) is 2.38. The number of rotatable bonds is 2. The summed E-state index contributed by atoms with van der Waals surface area (Å²) in [6.45, 7) is 2.06. The Morgan fingerprint density at radius 3 is 3.07 bits per heavy atom. The van der Waals surface area contributed by atoms with Gasteiger partial charge in [-0.1, -0.05) is 6.07 Å². The van der Waals surface area contributed by atoms with Gasteiger partial charge in [0.15, 0.2) is 0 Å². The summed E-state index contributed by atoms with van der Waals surface area (Å²) in [6.07, 6.45) is 1.32. The molecule has 1 aromatic rings. The fourth-order valence-corrected chi connectivity index (χ4v) is 1.66. The average Bonchev–Trinajstić information content (AvgIpc) is 2.51. The summed E-state index contributed by atoms with van der Waals surface area (Å²) in [5.74, 6) is 1.14. The lowest BCUT2D eigenvalue weighted by atomic mass is 10.3. The minimum atomic E-state index is 0.259. The molecule has 2 N–H and O–H groups in total. The molecule has 4 nitrogen and oxygen atoms in total. The van der Waals surface area contributed by atoms with Crippen LogP contribution in [0.1, 0.15) is 6.42 Å². The van der Waals surface area contributed by atoms with Gasteiger partial charge >= 0.3 is 0 Å². The highest BCUT2D eigenvalue weighted by molar-refractivity contribution is 5.31. The van der Waals surface area contributed by atoms with Crippen LogP contribution in [0, 0.1) is 0 Å². The molecule has 1 aliphatic rings. The van der Waals surface area contributed by atoms with Gasteiger partial charge in [-0.3, -0.25) is 0 Å². The number of hydrogen-bond donors (Lipinski definition) is 1. The number of ether oxygens (including phenoxy) is 1. The van der Waals surface area contributed by atoms with Gasteiger partial charge in [0.1, 0.15) is 11.9 Å². The Morgan fingerprint density at radius 2 is 2.43 bits per heavy atom. The molecule has 0 bridgehead atoms. The van der Waals surface area contributed by atoms with Crippen LogP contribution in [0.2, 0.25) is 0 Å². The largest absolute Gasteiger partial charge is 0.473 e. The molecule has 1 unspecified atom stereocenters. The topological polar surface area (TPSA) is 51.4 Å². The van der Waals surface area contributed by atoms with Crippen molar-refractivity contribution in [1.82, 2.24) is 9.88 Å². The van der Waals surface area contributed by atoms with E-state index in [4.69, 9.17) is 10.5 Å². The maximum atomic E-state index is 5.69. The normalized spacial score (nSPS) is 22.5. The zero-order valence-electron chi connectivity index (χ0n) is 8.31. The fraction of sp³-hybridized carbons (Fsp3) is 0.500. The van der Waals surface area contributed by atoms with Crippen LogP contribution in [0.4, 0.5) is 5.82 Å². The Balaban J connectivity index is 1.97. The number of likely N-dealkylation sites (tertiary alicyclic amines) is 1. The van der Waals surface area contributed by atoms with Crippen LogP contribution in [0.15, 0.2) is 18.2 Å². The molecular formula is C10H15N3O. The van der Waals surface area contributed by atoms with Crippen molar-refractivity contribution in [2.75, 3.05) is 25.9 Å². The van der Waals surface area contributed by atoms with Gasteiger partial charge in [-0.05, 0) is 19.5 Å². The first-order valence-corrected chi connectivity index (χ1v) is 4.82. The maximum Gasteiger partial charge on any atom is 0.215 e. The van der Waals surface area contributed by atoms with E-state index in [1.807, 2.05) is 12.1 Å². The highest BCUT2D eigenvalue weighted by Crippen LogP contribution is 2.16. The van der Waals surface area contributed by atoms with E-state index >= 15 is 0 Å². The van der Waals surface area contributed by atoms with Gasteiger partial charge in [0.2, 0.25) is 5.88 Å². The molecule has 14 heavy (non-hydrogen) atoms. The van der Waals surface area contributed by atoms with E-state index in [1.165, 1.54) is 0 Å². The number of likely N-dealkylation sites (N-methyl/N-ethyl adjacent to an activating group) is 1. The summed E-state index contributed by atoms with van der Waals surface area (Å²) in [6, 6.07) is 5.46. The third kappa shape index (κ3) is 2.14. The molecule has 1 atom stereocenters. The first-order valence-electron chi connectivity index (χ1n) is 4.82. The molecular weight excluding hydrogens is 178 g/mol. The molecule has 4 heteroatoms. The van der Waals surface area contributed by atoms with E-state index in [2.05, 4.69) is 16.9 Å². The van der Waals surface area contributed by atoms with Crippen LogP contribution in [0.25, 0.3) is 0 Å². The van der Waals surface area contributed by atoms with Crippen LogP contribution < -0.4 is 10.5 Å². The van der Waals surface area contributed by atoms with Gasteiger partial charge in [-0.15, -0.1) is 0 Å². The maximum absolute atomic E-state index is 5.69. The second-order valence-electron chi connectivity index (χ2n) is 3.69. The number of nitrogen functional groups attached to an aromatic ring is 1. The Labute approximate surface area is 83.7 Å². The molecule has 2 heterocycles. The molecule has 0 saturated carbocycles. The van der Waals surface area contributed by atoms with Crippen molar-refractivity contribution in [3.8, 4) is 5.88 Å². The summed E-state index contributed by atoms with van der Waals surface area (Å²) in [7, 11) is 2.09. The molecule has 1 aliphatic heterocycles. The van der Waals surface area contributed by atoms with Gasteiger partial charge in [0.25, 0.3) is 0 Å². The van der Waals surface area contributed by atoms with E-state index in [-0.39, 0.29) is 6.10 Å². The molecule has 0 amide bonds. The van der Waals surface area contributed by atoms with E-state index in [0.717, 1.165) is 19.5 Å². The van der Waals surface area contributed by atoms with Crippen LogP contribution >= 0.6 is 0 Å². The molecule has 1 saturated heterocycles. The lowest BCUT2D eigenvalue weighted by Gasteiger charge is -2.12. The van der Waals surface area contributed by atoms with Crippen molar-refractivity contribution in [2.45, 2.75) is 12.5 Å². The number of anilines is 1. The third-order valence-electron chi connectivity index (χ3n) is 2.38. The molecule has 1 fully saturated rings. The van der Waals surface area contributed by atoms with Crippen molar-refractivity contribution >= 4 is 5.82 Å². The van der Waals surface area contributed by atoms with Gasteiger partial charge in [-0.25, -0.2) is 0 Å². The molecule has 76 valence electrons. The van der Waals surface area contributed by atoms with Crippen LogP contribution in [0.5, 0.6) is 5.88 Å². The van der Waals surface area contributed by atoms with Crippen LogP contribution in [-0.2, 0) is 0 Å². The molecule has 0 spiro atoms. The molecule has 2 rings (SSSR count). The Kier molecular flexibility index (Phi) is 2.54. The first-order chi connectivity index (χ1) is 6.74. The van der Waals surface area contributed by atoms with Gasteiger partial charge in [-0.2, -0.15) is 4.98 Å². The van der Waals surface area contributed by atoms with E-state index in [1.54, 1.807) is 6.07 Å². The van der Waals surface area contributed by atoms with Crippen molar-refractivity contribution in [1.29, 1.82) is 0 Å². The monoisotopic (exact) mass is 193 g/mol. The predicted octanol–water partition coefficient (Wildman–Crippen LogP) is 0.747. The Bertz CT molecular complexity index is 316. The Morgan fingerprint density at radius 1 is 1.57 bits per heavy atom. The van der Waals surface area contributed by atoms with Crippen molar-refractivity contribution in [3.05, 3.63) is 18.2 Å². The van der Waals surface area contributed by atoms with Crippen molar-refractivity contribution < 1.29 is 4.74 Å². The summed E-state index contributed by atoms with van der Waals surface area (Å²) >= 11 is 0. The number of hydrogen-bond acceptors (Lipinski definition) is 4. The van der Waals surface area contributed by atoms with Crippen LogP contribution in [0.3, 0.4) is 0 Å². The number of aromatic nitrogens is 1. The summed E-state index contributed by atoms with van der Waals surface area (Å²) < 4.78 is 5.69. The van der Waals surface area contributed by atoms with E-state index < -0.39 is 0 Å². The number of nitrogens with two attached hydrogens (primary N) is 1. The highest BCUT2D eigenvalue weighted by Gasteiger charge is 2.21. The number of pyridine rings is 1. The summed E-state index contributed by atoms with van der Waals surface area (Å²) in [5.41, 5.74) is 5.56. The molecule has 0 aromatic carbocycles. The number of nitrogens with zero attached hydrogens (tertiary/aromatic N) is 2. The van der Waals surface area contributed by atoms with E-state index in [9.17, 15) is 0 Å². The smallest absolute Gasteiger partial charge is 0.215 e. The fourth-order valence-electron chi connectivity index (χ4n) is 1.66. The van der Waals surface area contributed by atoms with Crippen molar-refractivity contribution in [3.63, 3.8) is 0 Å². The minimum Gasteiger partial charge on any atom is -0.473 e. The lowest BCUT2D eigenvalue weighted by molar-refractivity contribution is 0.200. The zero-order chi connectivity index (χ0) is 9.97. The van der Waals surface area contributed by atoms with Crippen LogP contribution in [-0.4, -0.2) is 36.1 Å². The molecule has 0 aliphatic carbocycles. The van der Waals surface area contributed by atoms with Crippen molar-refractivity contribution in [2.24, 2.45) is 0 Å². The summed E-state index contributed by atoms with van der Waals surface area (Å²) in [5, 5.41) is 0. The van der Waals surface area contributed by atoms with Gasteiger partial charge in [0.05, 0.1) is 0 Å². The quantitative estimate of drug-likeness (QED) is 0.753. The zero-order valence-corrected chi connectivity index (χ0v) is 8.31. The highest BCUT2D eigenvalue weighted by atomic mass is 16.5. The Hall–Kier alpha value is -1.29. The van der Waals surface area contributed by atoms with Gasteiger partial charge < -0.3 is 15.4 Å².